The normalized spacial score (nSPS) is 29.6. The summed E-state index contributed by atoms with van der Waals surface area (Å²) in [5.41, 5.74) is 0.0664. The van der Waals surface area contributed by atoms with Crippen molar-refractivity contribution in [3.05, 3.63) is 29.8 Å². The summed E-state index contributed by atoms with van der Waals surface area (Å²) in [6.07, 6.45) is -5.76. The molecule has 0 aliphatic heterocycles. The first-order chi connectivity index (χ1) is 16.0. The van der Waals surface area contributed by atoms with Gasteiger partial charge in [-0.2, -0.15) is 22.0 Å². The minimum absolute atomic E-state index is 0.0664. The van der Waals surface area contributed by atoms with Crippen LogP contribution in [0.15, 0.2) is 24.3 Å². The lowest BCUT2D eigenvalue weighted by atomic mass is 9.73. The van der Waals surface area contributed by atoms with Crippen LogP contribution in [0.4, 0.5) is 30.7 Å². The summed E-state index contributed by atoms with van der Waals surface area (Å²) < 4.78 is 97.8. The molecule has 0 spiro atoms. The Labute approximate surface area is 197 Å². The fourth-order valence-electron chi connectivity index (χ4n) is 5.77. The van der Waals surface area contributed by atoms with Crippen LogP contribution in [-0.4, -0.2) is 24.6 Å². The van der Waals surface area contributed by atoms with E-state index in [9.17, 15) is 26.3 Å². The van der Waals surface area contributed by atoms with Gasteiger partial charge in [-0.25, -0.2) is 8.78 Å². The number of hydrogen-bond acceptors (Lipinski definition) is 1. The second kappa shape index (κ2) is 11.5. The maximum Gasteiger partial charge on any atom is 0.439 e. The van der Waals surface area contributed by atoms with E-state index in [2.05, 4.69) is 11.7 Å². The Hall–Kier alpha value is -1.47. The summed E-state index contributed by atoms with van der Waals surface area (Å²) in [4.78, 5) is 0. The fraction of sp³-hybridized carbons (Fsp3) is 0.769. The Kier molecular flexibility index (Phi) is 9.18. The summed E-state index contributed by atoms with van der Waals surface area (Å²) in [5, 5.41) is 0. The van der Waals surface area contributed by atoms with E-state index in [1.165, 1.54) is 56.7 Å². The molecule has 0 radical (unpaired) electrons. The summed E-state index contributed by atoms with van der Waals surface area (Å²) in [6, 6.07) is 5.20. The molecule has 1 aromatic carbocycles. The number of ether oxygens (including phenoxy) is 1. The van der Waals surface area contributed by atoms with Crippen LogP contribution in [0, 0.1) is 17.8 Å². The lowest BCUT2D eigenvalue weighted by Crippen LogP contribution is -2.45. The molecule has 1 nitrogen and oxygen atoms in total. The van der Waals surface area contributed by atoms with Crippen molar-refractivity contribution in [1.82, 2.24) is 0 Å². The van der Waals surface area contributed by atoms with Gasteiger partial charge in [-0.1, -0.05) is 76.5 Å². The highest BCUT2D eigenvalue weighted by Crippen LogP contribution is 2.45. The highest BCUT2D eigenvalue weighted by Gasteiger charge is 2.59. The molecule has 0 saturated heterocycles. The second-order valence-electron chi connectivity index (χ2n) is 10.2. The smallest absolute Gasteiger partial charge is 0.430 e. The summed E-state index contributed by atoms with van der Waals surface area (Å²) >= 11 is 0. The molecule has 0 N–H and O–H groups in total. The highest BCUT2D eigenvalue weighted by molar-refractivity contribution is 5.37. The number of hydrogen-bond donors (Lipinski definition) is 0. The molecule has 0 amide bonds. The van der Waals surface area contributed by atoms with Crippen LogP contribution in [-0.2, 0) is 0 Å². The van der Waals surface area contributed by atoms with E-state index in [4.69, 9.17) is 0 Å². The second-order valence-corrected chi connectivity index (χ2v) is 10.2. The molecule has 34 heavy (non-hydrogen) atoms. The zero-order valence-electron chi connectivity index (χ0n) is 19.6. The zero-order chi connectivity index (χ0) is 24.9. The molecule has 0 heterocycles. The number of halogens is 7. The Morgan fingerprint density at radius 2 is 1.41 bits per heavy atom. The molecule has 1 aromatic rings. The molecule has 4 atom stereocenters. The van der Waals surface area contributed by atoms with Crippen LogP contribution >= 0.6 is 0 Å². The quantitative estimate of drug-likeness (QED) is 0.310. The Morgan fingerprint density at radius 3 is 2.00 bits per heavy atom. The van der Waals surface area contributed by atoms with Gasteiger partial charge in [0.05, 0.1) is 0 Å². The lowest BCUT2D eigenvalue weighted by Gasteiger charge is -2.35. The van der Waals surface area contributed by atoms with Gasteiger partial charge in [0, 0.05) is 11.5 Å². The first-order valence-electron chi connectivity index (χ1n) is 12.5. The number of rotatable bonds is 9. The molecular weight excluding hydrogens is 461 g/mol. The van der Waals surface area contributed by atoms with Gasteiger partial charge in [0.2, 0.25) is 0 Å². The molecule has 2 saturated carbocycles. The molecule has 2 aliphatic rings. The maximum atomic E-state index is 15.1. The van der Waals surface area contributed by atoms with E-state index in [0.717, 1.165) is 31.2 Å². The lowest BCUT2D eigenvalue weighted by molar-refractivity contribution is -0.305. The summed E-state index contributed by atoms with van der Waals surface area (Å²) in [5.74, 6) is 0.355. The summed E-state index contributed by atoms with van der Waals surface area (Å²) in [6.45, 7) is 2.21. The highest BCUT2D eigenvalue weighted by atomic mass is 19.4. The molecule has 4 unspecified atom stereocenters. The SMILES string of the molecule is CCCC1CCC(CCC2CCC(c3ccccc3OC(F)(F)C(F)C(F)(F)F)C(F)C2)CC1. The van der Waals surface area contributed by atoms with E-state index in [-0.39, 0.29) is 17.9 Å². The van der Waals surface area contributed by atoms with Gasteiger partial charge in [0.1, 0.15) is 11.9 Å². The third-order valence-electron chi connectivity index (χ3n) is 7.67. The van der Waals surface area contributed by atoms with Crippen LogP contribution in [0.3, 0.4) is 0 Å². The van der Waals surface area contributed by atoms with Crippen LogP contribution in [0.2, 0.25) is 0 Å². The van der Waals surface area contributed by atoms with Crippen LogP contribution in [0.1, 0.15) is 89.0 Å². The van der Waals surface area contributed by atoms with Crippen molar-refractivity contribution in [2.24, 2.45) is 17.8 Å². The predicted molar refractivity (Wildman–Crippen MR) is 118 cm³/mol. The molecule has 0 aromatic heterocycles. The molecule has 3 rings (SSSR count). The largest absolute Gasteiger partial charge is 0.439 e. The van der Waals surface area contributed by atoms with Crippen LogP contribution < -0.4 is 4.74 Å². The third kappa shape index (κ3) is 7.03. The maximum absolute atomic E-state index is 15.1. The minimum Gasteiger partial charge on any atom is -0.430 e. The molecule has 2 aliphatic carbocycles. The third-order valence-corrected chi connectivity index (χ3v) is 7.67. The number of para-hydroxylation sites is 1. The van der Waals surface area contributed by atoms with Crippen molar-refractivity contribution in [3.63, 3.8) is 0 Å². The molecule has 8 heteroatoms. The Bertz CT molecular complexity index is 758. The van der Waals surface area contributed by atoms with Gasteiger partial charge in [0.15, 0.2) is 0 Å². The monoisotopic (exact) mass is 496 g/mol. The predicted octanol–water partition coefficient (Wildman–Crippen LogP) is 9.17. The van der Waals surface area contributed by atoms with Gasteiger partial charge in [-0.05, 0) is 43.1 Å². The van der Waals surface area contributed by atoms with Gasteiger partial charge in [-0.3, -0.25) is 0 Å². The van der Waals surface area contributed by atoms with Crippen molar-refractivity contribution in [2.75, 3.05) is 0 Å². The standard InChI is InChI=1S/C26H35F7O/c1-2-5-17-8-10-18(11-9-17)12-13-19-14-15-20(22(27)16-19)21-6-3-4-7-23(21)34-26(32,33)24(28)25(29,30)31/h3-4,6-7,17-20,22,24H,2,5,8-16H2,1H3. The van der Waals surface area contributed by atoms with Crippen molar-refractivity contribution >= 4 is 0 Å². The molecule has 0 bridgehead atoms. The first kappa shape index (κ1) is 27.1. The molecular formula is C26H35F7O. The van der Waals surface area contributed by atoms with E-state index >= 15 is 4.39 Å². The Balaban J connectivity index is 1.56. The van der Waals surface area contributed by atoms with E-state index < -0.39 is 36.3 Å². The van der Waals surface area contributed by atoms with E-state index in [1.54, 1.807) is 0 Å². The van der Waals surface area contributed by atoms with Crippen LogP contribution in [0.25, 0.3) is 0 Å². The number of alkyl halides is 7. The van der Waals surface area contributed by atoms with Gasteiger partial charge in [-0.15, -0.1) is 0 Å². The minimum atomic E-state index is -5.77. The fourth-order valence-corrected chi connectivity index (χ4v) is 5.77. The molecule has 2 fully saturated rings. The van der Waals surface area contributed by atoms with Gasteiger partial charge in [0.25, 0.3) is 6.17 Å². The van der Waals surface area contributed by atoms with Gasteiger partial charge >= 0.3 is 12.3 Å². The van der Waals surface area contributed by atoms with E-state index in [1.807, 2.05) is 0 Å². The van der Waals surface area contributed by atoms with Crippen LogP contribution in [0.5, 0.6) is 5.75 Å². The Morgan fingerprint density at radius 1 is 0.853 bits per heavy atom. The summed E-state index contributed by atoms with van der Waals surface area (Å²) in [7, 11) is 0. The van der Waals surface area contributed by atoms with E-state index in [0.29, 0.717) is 12.3 Å². The topological polar surface area (TPSA) is 9.23 Å². The first-order valence-corrected chi connectivity index (χ1v) is 12.5. The van der Waals surface area contributed by atoms with Crippen molar-refractivity contribution in [3.8, 4) is 5.75 Å². The molecule has 194 valence electrons. The van der Waals surface area contributed by atoms with Crippen molar-refractivity contribution < 1.29 is 35.5 Å². The number of benzene rings is 1. The van der Waals surface area contributed by atoms with Gasteiger partial charge < -0.3 is 4.74 Å². The van der Waals surface area contributed by atoms with Crippen molar-refractivity contribution in [2.45, 2.75) is 108 Å². The zero-order valence-corrected chi connectivity index (χ0v) is 19.6. The average Bonchev–Trinajstić information content (AvgIpc) is 2.78. The average molecular weight is 497 g/mol. The van der Waals surface area contributed by atoms with Crippen molar-refractivity contribution in [1.29, 1.82) is 0 Å².